The van der Waals surface area contributed by atoms with E-state index < -0.39 is 12.1 Å². The number of anilines is 1. The number of benzene rings is 2. The summed E-state index contributed by atoms with van der Waals surface area (Å²) in [5, 5.41) is 3.92. The number of carbonyl (C=O) groups is 2. The summed E-state index contributed by atoms with van der Waals surface area (Å²) < 4.78 is 16.6. The Kier molecular flexibility index (Phi) is 7.15. The predicted octanol–water partition coefficient (Wildman–Crippen LogP) is 3.76. The minimum atomic E-state index is -0.897. The van der Waals surface area contributed by atoms with Gasteiger partial charge in [0.25, 0.3) is 5.91 Å². The molecule has 1 aliphatic rings. The molecular formula is C26H29N3O5. The van der Waals surface area contributed by atoms with Crippen LogP contribution in [0.5, 0.6) is 5.75 Å². The zero-order chi connectivity index (χ0) is 24.1. The number of amides is 1. The lowest BCUT2D eigenvalue weighted by molar-refractivity contribution is -0.140. The van der Waals surface area contributed by atoms with Crippen LogP contribution in [0.15, 0.2) is 59.1 Å². The second kappa shape index (κ2) is 10.4. The van der Waals surface area contributed by atoms with Gasteiger partial charge < -0.3 is 23.8 Å². The Morgan fingerprint density at radius 3 is 2.35 bits per heavy atom. The molecule has 0 aliphatic carbocycles. The number of aryl methyl sites for hydroxylation is 2. The van der Waals surface area contributed by atoms with Crippen molar-refractivity contribution in [3.8, 4) is 5.75 Å². The number of hydrogen-bond acceptors (Lipinski definition) is 7. The van der Waals surface area contributed by atoms with E-state index >= 15 is 0 Å². The van der Waals surface area contributed by atoms with Gasteiger partial charge in [-0.15, -0.1) is 0 Å². The predicted molar refractivity (Wildman–Crippen MR) is 127 cm³/mol. The maximum absolute atomic E-state index is 12.9. The fourth-order valence-corrected chi connectivity index (χ4v) is 3.97. The lowest BCUT2D eigenvalue weighted by Gasteiger charge is -2.37. The second-order valence-corrected chi connectivity index (χ2v) is 8.28. The lowest BCUT2D eigenvalue weighted by Crippen LogP contribution is -2.51. The maximum atomic E-state index is 12.9. The molecule has 2 aromatic carbocycles. The van der Waals surface area contributed by atoms with Crippen molar-refractivity contribution >= 4 is 17.6 Å². The van der Waals surface area contributed by atoms with Gasteiger partial charge in [-0.05, 0) is 45.0 Å². The van der Waals surface area contributed by atoms with Crippen LogP contribution in [0.1, 0.15) is 34.3 Å². The molecule has 1 fully saturated rings. The normalized spacial score (nSPS) is 14.6. The zero-order valence-electron chi connectivity index (χ0n) is 19.7. The Morgan fingerprint density at radius 2 is 1.68 bits per heavy atom. The first-order valence-electron chi connectivity index (χ1n) is 11.4. The smallest absolute Gasteiger partial charge is 0.342 e. The van der Waals surface area contributed by atoms with Crippen LogP contribution in [0.25, 0.3) is 0 Å². The molecule has 1 unspecified atom stereocenters. The molecule has 0 spiro atoms. The number of hydrogen-bond donors (Lipinski definition) is 0. The molecule has 8 heteroatoms. The van der Waals surface area contributed by atoms with Crippen molar-refractivity contribution in [2.24, 2.45) is 0 Å². The third-order valence-electron chi connectivity index (χ3n) is 6.00. The summed E-state index contributed by atoms with van der Waals surface area (Å²) in [5.41, 5.74) is 2.98. The molecule has 34 heavy (non-hydrogen) atoms. The molecular weight excluding hydrogens is 434 g/mol. The van der Waals surface area contributed by atoms with Crippen LogP contribution in [0, 0.1) is 13.8 Å². The molecule has 1 atom stereocenters. The number of para-hydroxylation sites is 2. The molecule has 0 N–H and O–H groups in total. The van der Waals surface area contributed by atoms with Gasteiger partial charge in [0.05, 0.1) is 11.3 Å². The number of aromatic nitrogens is 1. The monoisotopic (exact) mass is 463 g/mol. The molecule has 1 saturated heterocycles. The Hall–Kier alpha value is -3.81. The highest BCUT2D eigenvalue weighted by Crippen LogP contribution is 2.23. The number of ether oxygens (including phenoxy) is 2. The van der Waals surface area contributed by atoms with Gasteiger partial charge in [0, 0.05) is 31.9 Å². The molecule has 178 valence electrons. The van der Waals surface area contributed by atoms with E-state index in [-0.39, 0.29) is 18.1 Å². The number of nitrogens with zero attached hydrogens (tertiary/aromatic N) is 3. The van der Waals surface area contributed by atoms with Crippen molar-refractivity contribution in [2.45, 2.75) is 33.5 Å². The van der Waals surface area contributed by atoms with E-state index in [1.807, 2.05) is 32.0 Å². The Morgan fingerprint density at radius 1 is 1.00 bits per heavy atom. The highest BCUT2D eigenvalue weighted by molar-refractivity contribution is 5.94. The van der Waals surface area contributed by atoms with Gasteiger partial charge in [-0.25, -0.2) is 4.79 Å². The molecule has 1 aliphatic heterocycles. The standard InChI is InChI=1S/C26H29N3O5/c1-18-23(19(2)34-27-18)17-32-24-12-8-7-11-22(24)26(31)33-20(3)25(30)29-15-13-28(14-16-29)21-9-5-4-6-10-21/h4-12,20H,13-17H2,1-3H3. The summed E-state index contributed by atoms with van der Waals surface area (Å²) in [6.45, 7) is 8.08. The van der Waals surface area contributed by atoms with Crippen LogP contribution in [0.4, 0.5) is 5.69 Å². The summed E-state index contributed by atoms with van der Waals surface area (Å²) in [4.78, 5) is 29.8. The summed E-state index contributed by atoms with van der Waals surface area (Å²) in [6, 6.07) is 17.0. The fraction of sp³-hybridized carbons (Fsp3) is 0.346. The Labute approximate surface area is 199 Å². The molecule has 4 rings (SSSR count). The molecule has 1 aromatic heterocycles. The quantitative estimate of drug-likeness (QED) is 0.493. The van der Waals surface area contributed by atoms with Crippen LogP contribution in [-0.4, -0.2) is 54.2 Å². The maximum Gasteiger partial charge on any atom is 0.342 e. The average Bonchev–Trinajstić information content (AvgIpc) is 3.19. The summed E-state index contributed by atoms with van der Waals surface area (Å²) in [5.74, 6) is 0.251. The van der Waals surface area contributed by atoms with Crippen molar-refractivity contribution in [1.82, 2.24) is 10.1 Å². The van der Waals surface area contributed by atoms with E-state index in [0.29, 0.717) is 24.6 Å². The molecule has 0 saturated carbocycles. The first-order chi connectivity index (χ1) is 16.4. The zero-order valence-corrected chi connectivity index (χ0v) is 19.7. The van der Waals surface area contributed by atoms with E-state index in [1.165, 1.54) is 0 Å². The van der Waals surface area contributed by atoms with Crippen LogP contribution >= 0.6 is 0 Å². The van der Waals surface area contributed by atoms with Gasteiger partial charge in [0.1, 0.15) is 23.7 Å². The lowest BCUT2D eigenvalue weighted by atomic mass is 10.2. The van der Waals surface area contributed by atoms with Crippen molar-refractivity contribution in [3.63, 3.8) is 0 Å². The van der Waals surface area contributed by atoms with Gasteiger partial charge >= 0.3 is 5.97 Å². The van der Waals surface area contributed by atoms with Crippen molar-refractivity contribution in [3.05, 3.63) is 77.2 Å². The van der Waals surface area contributed by atoms with Crippen molar-refractivity contribution < 1.29 is 23.6 Å². The number of piperazine rings is 1. The van der Waals surface area contributed by atoms with Gasteiger partial charge in [0.2, 0.25) is 0 Å². The number of esters is 1. The molecule has 8 nitrogen and oxygen atoms in total. The van der Waals surface area contributed by atoms with E-state index in [2.05, 4.69) is 22.2 Å². The Balaban J connectivity index is 1.34. The molecule has 3 aromatic rings. The average molecular weight is 464 g/mol. The third-order valence-corrected chi connectivity index (χ3v) is 6.00. The topological polar surface area (TPSA) is 85.1 Å². The van der Waals surface area contributed by atoms with Crippen molar-refractivity contribution in [2.75, 3.05) is 31.1 Å². The van der Waals surface area contributed by atoms with Gasteiger partial charge in [-0.3, -0.25) is 4.79 Å². The van der Waals surface area contributed by atoms with Gasteiger partial charge in [0.15, 0.2) is 6.10 Å². The summed E-state index contributed by atoms with van der Waals surface area (Å²) >= 11 is 0. The first-order valence-corrected chi connectivity index (χ1v) is 11.4. The van der Waals surface area contributed by atoms with Crippen LogP contribution in [0.3, 0.4) is 0 Å². The molecule has 1 amide bonds. The van der Waals surface area contributed by atoms with E-state index in [0.717, 1.165) is 30.0 Å². The van der Waals surface area contributed by atoms with E-state index in [9.17, 15) is 9.59 Å². The highest BCUT2D eigenvalue weighted by Gasteiger charge is 2.28. The molecule has 0 bridgehead atoms. The summed E-state index contributed by atoms with van der Waals surface area (Å²) in [7, 11) is 0. The highest BCUT2D eigenvalue weighted by atomic mass is 16.6. The molecule has 2 heterocycles. The second-order valence-electron chi connectivity index (χ2n) is 8.28. The first kappa shape index (κ1) is 23.4. The largest absolute Gasteiger partial charge is 0.488 e. The molecule has 0 radical (unpaired) electrons. The van der Waals surface area contributed by atoms with Crippen LogP contribution < -0.4 is 9.64 Å². The van der Waals surface area contributed by atoms with Gasteiger partial charge in [-0.2, -0.15) is 0 Å². The van der Waals surface area contributed by atoms with Crippen molar-refractivity contribution in [1.29, 1.82) is 0 Å². The fourth-order valence-electron chi connectivity index (χ4n) is 3.97. The number of carbonyl (C=O) groups excluding carboxylic acids is 2. The van der Waals surface area contributed by atoms with Crippen LogP contribution in [-0.2, 0) is 16.1 Å². The minimum absolute atomic E-state index is 0.199. The van der Waals surface area contributed by atoms with Gasteiger partial charge in [-0.1, -0.05) is 35.5 Å². The number of rotatable bonds is 7. The Bertz CT molecular complexity index is 1120. The van der Waals surface area contributed by atoms with E-state index in [4.69, 9.17) is 14.0 Å². The SMILES string of the molecule is Cc1noc(C)c1COc1ccccc1C(=O)OC(C)C(=O)N1CCN(c2ccccc2)CC1. The van der Waals surface area contributed by atoms with Crippen LogP contribution in [0.2, 0.25) is 0 Å². The third kappa shape index (κ3) is 5.22. The van der Waals surface area contributed by atoms with E-state index in [1.54, 1.807) is 36.1 Å². The minimum Gasteiger partial charge on any atom is -0.488 e. The summed E-state index contributed by atoms with van der Waals surface area (Å²) in [6.07, 6.45) is -0.897.